The average molecular weight is 366 g/mol. The summed E-state index contributed by atoms with van der Waals surface area (Å²) in [6.45, 7) is 4.65. The van der Waals surface area contributed by atoms with Gasteiger partial charge in [-0.3, -0.25) is 4.79 Å². The normalized spacial score (nSPS) is 13.6. The Bertz CT molecular complexity index is 889. The summed E-state index contributed by atoms with van der Waals surface area (Å²) in [4.78, 5) is 14.8. The monoisotopic (exact) mass is 366 g/mol. The topological polar surface area (TPSA) is 68.7 Å². The van der Waals surface area contributed by atoms with Crippen LogP contribution < -0.4 is 4.74 Å². The van der Waals surface area contributed by atoms with Crippen LogP contribution in [0.15, 0.2) is 51.6 Å². The largest absolute Gasteiger partial charge is 0.489 e. The third-order valence-corrected chi connectivity index (χ3v) is 4.82. The molecule has 3 aromatic rings. The van der Waals surface area contributed by atoms with E-state index in [4.69, 9.17) is 13.7 Å². The van der Waals surface area contributed by atoms with Crippen molar-refractivity contribution in [2.75, 3.05) is 0 Å². The van der Waals surface area contributed by atoms with Gasteiger partial charge in [0.1, 0.15) is 23.9 Å². The van der Waals surface area contributed by atoms with Crippen LogP contribution in [0.2, 0.25) is 0 Å². The molecule has 1 amide bonds. The molecule has 0 saturated heterocycles. The summed E-state index contributed by atoms with van der Waals surface area (Å²) in [6.07, 6.45) is 3.73. The Morgan fingerprint density at radius 2 is 2.00 bits per heavy atom. The van der Waals surface area contributed by atoms with E-state index in [2.05, 4.69) is 5.16 Å². The van der Waals surface area contributed by atoms with Gasteiger partial charge in [0.2, 0.25) is 0 Å². The maximum Gasteiger partial charge on any atom is 0.254 e. The minimum absolute atomic E-state index is 0.0196. The molecule has 2 aromatic heterocycles. The molecule has 0 aliphatic heterocycles. The van der Waals surface area contributed by atoms with E-state index >= 15 is 0 Å². The molecule has 0 unspecified atom stereocenters. The van der Waals surface area contributed by atoms with E-state index in [1.165, 1.54) is 0 Å². The van der Waals surface area contributed by atoms with Crippen LogP contribution in [-0.4, -0.2) is 22.0 Å². The molecule has 1 saturated carbocycles. The van der Waals surface area contributed by atoms with Crippen molar-refractivity contribution in [1.82, 2.24) is 10.1 Å². The summed E-state index contributed by atoms with van der Waals surface area (Å²) in [6, 6.07) is 11.3. The van der Waals surface area contributed by atoms with Crippen LogP contribution in [0.4, 0.5) is 0 Å². The summed E-state index contributed by atoms with van der Waals surface area (Å²) < 4.78 is 16.4. The van der Waals surface area contributed by atoms with Gasteiger partial charge in [0.05, 0.1) is 24.1 Å². The first-order chi connectivity index (χ1) is 13.1. The van der Waals surface area contributed by atoms with E-state index in [9.17, 15) is 4.79 Å². The molecular weight excluding hydrogens is 344 g/mol. The van der Waals surface area contributed by atoms with Crippen LogP contribution in [0, 0.1) is 13.8 Å². The number of furan rings is 1. The first-order valence-corrected chi connectivity index (χ1v) is 9.10. The Hall–Kier alpha value is -3.02. The van der Waals surface area contributed by atoms with Gasteiger partial charge in [-0.25, -0.2) is 0 Å². The lowest BCUT2D eigenvalue weighted by Gasteiger charge is -2.21. The summed E-state index contributed by atoms with van der Waals surface area (Å²) in [5.74, 6) is 2.29. The molecule has 0 radical (unpaired) electrons. The molecular formula is C21H22N2O4. The Labute approximate surface area is 157 Å². The van der Waals surface area contributed by atoms with Crippen molar-refractivity contribution in [1.29, 1.82) is 0 Å². The molecule has 0 N–H and O–H groups in total. The standard InChI is InChI=1S/C21H22N2O4/c1-14-20(15(2)27-22-14)13-26-18-9-5-16(6-10-18)21(24)23(17-7-8-17)12-19-4-3-11-25-19/h3-6,9-11,17H,7-8,12-13H2,1-2H3. The number of aryl methyl sites for hydroxylation is 2. The van der Waals surface area contributed by atoms with E-state index < -0.39 is 0 Å². The predicted octanol–water partition coefficient (Wildman–Crippen LogP) is 4.27. The molecule has 4 rings (SSSR count). The fourth-order valence-electron chi connectivity index (χ4n) is 3.05. The second-order valence-corrected chi connectivity index (χ2v) is 6.86. The fraction of sp³-hybridized carbons (Fsp3) is 0.333. The number of aromatic nitrogens is 1. The SMILES string of the molecule is Cc1noc(C)c1COc1ccc(C(=O)N(Cc2ccco2)C2CC2)cc1. The average Bonchev–Trinajstić information content (AvgIpc) is 3.30. The highest BCUT2D eigenvalue weighted by Gasteiger charge is 2.33. The molecule has 140 valence electrons. The zero-order valence-electron chi connectivity index (χ0n) is 15.5. The zero-order valence-corrected chi connectivity index (χ0v) is 15.5. The smallest absolute Gasteiger partial charge is 0.254 e. The van der Waals surface area contributed by atoms with Gasteiger partial charge in [0.25, 0.3) is 5.91 Å². The lowest BCUT2D eigenvalue weighted by atomic mass is 10.1. The van der Waals surface area contributed by atoms with Gasteiger partial charge in [-0.05, 0) is 63.1 Å². The number of benzene rings is 1. The molecule has 1 aliphatic carbocycles. The minimum atomic E-state index is 0.0196. The van der Waals surface area contributed by atoms with E-state index in [1.807, 2.05) is 55.1 Å². The van der Waals surface area contributed by atoms with Gasteiger partial charge < -0.3 is 18.6 Å². The number of rotatable bonds is 7. The molecule has 0 spiro atoms. The third kappa shape index (κ3) is 3.89. The number of carbonyl (C=O) groups excluding carboxylic acids is 1. The highest BCUT2D eigenvalue weighted by atomic mass is 16.5. The van der Waals surface area contributed by atoms with E-state index in [0.29, 0.717) is 30.5 Å². The van der Waals surface area contributed by atoms with Gasteiger partial charge in [-0.15, -0.1) is 0 Å². The lowest BCUT2D eigenvalue weighted by Crippen LogP contribution is -2.32. The maximum absolute atomic E-state index is 12.9. The summed E-state index contributed by atoms with van der Waals surface area (Å²) in [5, 5.41) is 3.93. The second-order valence-electron chi connectivity index (χ2n) is 6.86. The Morgan fingerprint density at radius 3 is 2.59 bits per heavy atom. The minimum Gasteiger partial charge on any atom is -0.489 e. The van der Waals surface area contributed by atoms with Gasteiger partial charge in [-0.2, -0.15) is 0 Å². The first-order valence-electron chi connectivity index (χ1n) is 9.10. The van der Waals surface area contributed by atoms with Crippen LogP contribution in [-0.2, 0) is 13.2 Å². The van der Waals surface area contributed by atoms with Crippen LogP contribution in [0.3, 0.4) is 0 Å². The maximum atomic E-state index is 12.9. The van der Waals surface area contributed by atoms with Crippen molar-refractivity contribution in [3.05, 3.63) is 71.0 Å². The lowest BCUT2D eigenvalue weighted by molar-refractivity contribution is 0.0717. The van der Waals surface area contributed by atoms with Crippen molar-refractivity contribution < 1.29 is 18.5 Å². The predicted molar refractivity (Wildman–Crippen MR) is 98.4 cm³/mol. The summed E-state index contributed by atoms with van der Waals surface area (Å²) in [7, 11) is 0. The van der Waals surface area contributed by atoms with Crippen molar-refractivity contribution in [2.45, 2.75) is 45.9 Å². The molecule has 1 aromatic carbocycles. The number of hydrogen-bond donors (Lipinski definition) is 0. The van der Waals surface area contributed by atoms with E-state index in [1.54, 1.807) is 6.26 Å². The van der Waals surface area contributed by atoms with Crippen molar-refractivity contribution in [3.8, 4) is 5.75 Å². The molecule has 0 atom stereocenters. The summed E-state index contributed by atoms with van der Waals surface area (Å²) >= 11 is 0. The van der Waals surface area contributed by atoms with Crippen LogP contribution in [0.5, 0.6) is 5.75 Å². The number of hydrogen-bond acceptors (Lipinski definition) is 5. The number of amides is 1. The van der Waals surface area contributed by atoms with Crippen molar-refractivity contribution >= 4 is 5.91 Å². The van der Waals surface area contributed by atoms with Crippen LogP contribution in [0.1, 0.15) is 46.0 Å². The zero-order chi connectivity index (χ0) is 18.8. The number of carbonyl (C=O) groups is 1. The fourth-order valence-corrected chi connectivity index (χ4v) is 3.05. The molecule has 1 aliphatic rings. The third-order valence-electron chi connectivity index (χ3n) is 4.82. The Kier molecular flexibility index (Phi) is 4.71. The Morgan fingerprint density at radius 1 is 1.22 bits per heavy atom. The van der Waals surface area contributed by atoms with Gasteiger partial charge in [0.15, 0.2) is 0 Å². The van der Waals surface area contributed by atoms with Crippen molar-refractivity contribution in [2.24, 2.45) is 0 Å². The molecule has 27 heavy (non-hydrogen) atoms. The molecule has 1 fully saturated rings. The second kappa shape index (κ2) is 7.31. The molecule has 6 nitrogen and oxygen atoms in total. The highest BCUT2D eigenvalue weighted by molar-refractivity contribution is 5.94. The van der Waals surface area contributed by atoms with Gasteiger partial charge in [0, 0.05) is 11.6 Å². The summed E-state index contributed by atoms with van der Waals surface area (Å²) in [5.41, 5.74) is 2.43. The number of ether oxygens (including phenoxy) is 1. The molecule has 2 heterocycles. The van der Waals surface area contributed by atoms with Gasteiger partial charge >= 0.3 is 0 Å². The quantitative estimate of drug-likeness (QED) is 0.625. The Balaban J connectivity index is 1.42. The van der Waals surface area contributed by atoms with E-state index in [0.717, 1.165) is 35.6 Å². The van der Waals surface area contributed by atoms with E-state index in [-0.39, 0.29) is 5.91 Å². The highest BCUT2D eigenvalue weighted by Crippen LogP contribution is 2.30. The van der Waals surface area contributed by atoms with Crippen LogP contribution >= 0.6 is 0 Å². The van der Waals surface area contributed by atoms with Crippen molar-refractivity contribution in [3.63, 3.8) is 0 Å². The van der Waals surface area contributed by atoms with Gasteiger partial charge in [-0.1, -0.05) is 5.16 Å². The van der Waals surface area contributed by atoms with Crippen LogP contribution in [0.25, 0.3) is 0 Å². The molecule has 0 bridgehead atoms. The first kappa shape index (κ1) is 17.4. The number of nitrogens with zero attached hydrogens (tertiary/aromatic N) is 2. The molecule has 6 heteroatoms.